The zero-order valence-corrected chi connectivity index (χ0v) is 7.67. The number of hydrogen-bond donors (Lipinski definition) is 1. The molecule has 0 atom stereocenters. The van der Waals surface area contributed by atoms with E-state index < -0.39 is 0 Å². The van der Waals surface area contributed by atoms with Gasteiger partial charge in [0.25, 0.3) is 0 Å². The second-order valence-corrected chi connectivity index (χ2v) is 2.84. The van der Waals surface area contributed by atoms with E-state index in [4.69, 9.17) is 4.74 Å². The minimum absolute atomic E-state index is 0.209. The van der Waals surface area contributed by atoms with Crippen LogP contribution in [0.15, 0.2) is 24.3 Å². The lowest BCUT2D eigenvalue weighted by molar-refractivity contribution is 0.109. The van der Waals surface area contributed by atoms with Gasteiger partial charge in [0.1, 0.15) is 0 Å². The zero-order chi connectivity index (χ0) is 8.97. The fourth-order valence-corrected chi connectivity index (χ4v) is 1.06. The monoisotopic (exact) mass is 182 g/mol. The molecule has 3 heteroatoms. The molecule has 0 bridgehead atoms. The first-order valence-corrected chi connectivity index (χ1v) is 4.00. The summed E-state index contributed by atoms with van der Waals surface area (Å²) in [5, 5.41) is -0.209. The van der Waals surface area contributed by atoms with E-state index in [0.29, 0.717) is 12.2 Å². The molecular formula is C9H10O2S. The summed E-state index contributed by atoms with van der Waals surface area (Å²) in [5.41, 5.74) is 1.66. The highest BCUT2D eigenvalue weighted by atomic mass is 32.1. The Balaban J connectivity index is 2.78. The predicted octanol–water partition coefficient (Wildman–Crippen LogP) is 1.90. The van der Waals surface area contributed by atoms with E-state index in [0.717, 1.165) is 5.56 Å². The molecule has 64 valence electrons. The van der Waals surface area contributed by atoms with Crippen LogP contribution in [0.25, 0.3) is 0 Å². The van der Waals surface area contributed by atoms with Crippen LogP contribution in [0.3, 0.4) is 0 Å². The van der Waals surface area contributed by atoms with Crippen molar-refractivity contribution >= 4 is 17.7 Å². The van der Waals surface area contributed by atoms with Gasteiger partial charge in [0.2, 0.25) is 5.12 Å². The second kappa shape index (κ2) is 4.28. The van der Waals surface area contributed by atoms with Crippen molar-refractivity contribution in [3.05, 3.63) is 35.4 Å². The van der Waals surface area contributed by atoms with Crippen LogP contribution in [0.5, 0.6) is 0 Å². The quantitative estimate of drug-likeness (QED) is 0.723. The van der Waals surface area contributed by atoms with Crippen molar-refractivity contribution in [1.29, 1.82) is 0 Å². The van der Waals surface area contributed by atoms with Crippen molar-refractivity contribution in [3.63, 3.8) is 0 Å². The average molecular weight is 182 g/mol. The van der Waals surface area contributed by atoms with Crippen molar-refractivity contribution < 1.29 is 9.53 Å². The third-order valence-electron chi connectivity index (χ3n) is 1.51. The number of rotatable bonds is 3. The van der Waals surface area contributed by atoms with Crippen LogP contribution in [-0.4, -0.2) is 12.2 Å². The average Bonchev–Trinajstić information content (AvgIpc) is 2.06. The summed E-state index contributed by atoms with van der Waals surface area (Å²) in [6.45, 7) is 0.570. The Bertz CT molecular complexity index is 266. The van der Waals surface area contributed by atoms with Gasteiger partial charge in [-0.15, -0.1) is 12.6 Å². The van der Waals surface area contributed by atoms with Gasteiger partial charge in [-0.1, -0.05) is 24.3 Å². The first-order chi connectivity index (χ1) is 5.74. The number of carbonyl (C=O) groups is 1. The maximum absolute atomic E-state index is 10.7. The van der Waals surface area contributed by atoms with Gasteiger partial charge in [-0.05, 0) is 5.56 Å². The molecule has 0 spiro atoms. The molecular weight excluding hydrogens is 172 g/mol. The van der Waals surface area contributed by atoms with Gasteiger partial charge < -0.3 is 4.74 Å². The van der Waals surface area contributed by atoms with E-state index in [1.54, 1.807) is 19.2 Å². The molecule has 1 rings (SSSR count). The van der Waals surface area contributed by atoms with E-state index in [2.05, 4.69) is 12.6 Å². The van der Waals surface area contributed by atoms with Crippen LogP contribution in [0.2, 0.25) is 0 Å². The van der Waals surface area contributed by atoms with Crippen LogP contribution in [-0.2, 0) is 11.3 Å². The molecule has 0 saturated carbocycles. The summed E-state index contributed by atoms with van der Waals surface area (Å²) in [5.74, 6) is 0. The van der Waals surface area contributed by atoms with Crippen LogP contribution >= 0.6 is 12.6 Å². The van der Waals surface area contributed by atoms with Crippen molar-refractivity contribution in [2.24, 2.45) is 0 Å². The normalized spacial score (nSPS) is 9.83. The van der Waals surface area contributed by atoms with E-state index in [-0.39, 0.29) is 5.12 Å². The third kappa shape index (κ3) is 2.36. The number of hydrogen-bond acceptors (Lipinski definition) is 2. The first kappa shape index (κ1) is 9.29. The molecule has 0 aliphatic carbocycles. The number of thiol groups is 1. The Morgan fingerprint density at radius 2 is 2.00 bits per heavy atom. The molecule has 0 radical (unpaired) electrons. The van der Waals surface area contributed by atoms with Gasteiger partial charge in [0.05, 0.1) is 6.61 Å². The van der Waals surface area contributed by atoms with Crippen LogP contribution < -0.4 is 0 Å². The number of ether oxygens (including phenoxy) is 1. The predicted molar refractivity (Wildman–Crippen MR) is 50.5 cm³/mol. The number of benzene rings is 1. The van der Waals surface area contributed by atoms with Crippen LogP contribution in [0.1, 0.15) is 15.9 Å². The summed E-state index contributed by atoms with van der Waals surface area (Å²) in [7, 11) is 1.64. The summed E-state index contributed by atoms with van der Waals surface area (Å²) >= 11 is 3.70. The number of carbonyl (C=O) groups excluding carboxylic acids is 1. The van der Waals surface area contributed by atoms with Gasteiger partial charge >= 0.3 is 0 Å². The fraction of sp³-hybridized carbons (Fsp3) is 0.222. The summed E-state index contributed by atoms with van der Waals surface area (Å²) in [4.78, 5) is 10.7. The van der Waals surface area contributed by atoms with E-state index in [1.165, 1.54) is 0 Å². The summed E-state index contributed by atoms with van der Waals surface area (Å²) in [6, 6.07) is 7.19. The molecule has 0 unspecified atom stereocenters. The molecule has 0 saturated heterocycles. The highest BCUT2D eigenvalue weighted by Gasteiger charge is 1.98. The first-order valence-electron chi connectivity index (χ1n) is 3.55. The minimum atomic E-state index is -0.209. The largest absolute Gasteiger partial charge is 0.380 e. The molecule has 1 aromatic rings. The molecule has 0 heterocycles. The molecule has 0 aliphatic rings. The van der Waals surface area contributed by atoms with E-state index in [9.17, 15) is 4.79 Å². The SMILES string of the molecule is COCc1ccc(C(=O)S)cc1. The molecule has 12 heavy (non-hydrogen) atoms. The highest BCUT2D eigenvalue weighted by molar-refractivity contribution is 7.97. The lowest BCUT2D eigenvalue weighted by Gasteiger charge is -1.99. The van der Waals surface area contributed by atoms with Crippen LogP contribution in [0.4, 0.5) is 0 Å². The smallest absolute Gasteiger partial charge is 0.216 e. The van der Waals surface area contributed by atoms with Crippen molar-refractivity contribution in [3.8, 4) is 0 Å². The lowest BCUT2D eigenvalue weighted by atomic mass is 10.1. The maximum Gasteiger partial charge on any atom is 0.216 e. The summed E-state index contributed by atoms with van der Waals surface area (Å²) in [6.07, 6.45) is 0. The highest BCUT2D eigenvalue weighted by Crippen LogP contribution is 2.07. The Hall–Kier alpha value is -0.800. The van der Waals surface area contributed by atoms with Crippen molar-refractivity contribution in [2.45, 2.75) is 6.61 Å². The van der Waals surface area contributed by atoms with Crippen LogP contribution in [0, 0.1) is 0 Å². The number of methoxy groups -OCH3 is 1. The van der Waals surface area contributed by atoms with E-state index >= 15 is 0 Å². The maximum atomic E-state index is 10.7. The fourth-order valence-electron chi connectivity index (χ4n) is 0.910. The Morgan fingerprint density at radius 1 is 1.42 bits per heavy atom. The standard InChI is InChI=1S/C9H10O2S/c1-11-6-7-2-4-8(5-3-7)9(10)12/h2-5H,6H2,1H3,(H,10,12). The Kier molecular flexibility index (Phi) is 3.31. The molecule has 1 aromatic carbocycles. The topological polar surface area (TPSA) is 26.3 Å². The molecule has 0 aromatic heterocycles. The molecule has 0 amide bonds. The second-order valence-electron chi connectivity index (χ2n) is 2.44. The molecule has 0 aliphatic heterocycles. The Labute approximate surface area is 77.0 Å². The van der Waals surface area contributed by atoms with Gasteiger partial charge in [0.15, 0.2) is 0 Å². The zero-order valence-electron chi connectivity index (χ0n) is 6.78. The lowest BCUT2D eigenvalue weighted by Crippen LogP contribution is -1.91. The Morgan fingerprint density at radius 3 is 2.42 bits per heavy atom. The van der Waals surface area contributed by atoms with Gasteiger partial charge in [-0.25, -0.2) is 0 Å². The minimum Gasteiger partial charge on any atom is -0.380 e. The molecule has 0 N–H and O–H groups in total. The molecule has 0 fully saturated rings. The van der Waals surface area contributed by atoms with Gasteiger partial charge in [-0.2, -0.15) is 0 Å². The molecule has 2 nitrogen and oxygen atoms in total. The van der Waals surface area contributed by atoms with Crippen molar-refractivity contribution in [1.82, 2.24) is 0 Å². The van der Waals surface area contributed by atoms with Gasteiger partial charge in [-0.3, -0.25) is 4.79 Å². The van der Waals surface area contributed by atoms with E-state index in [1.807, 2.05) is 12.1 Å². The third-order valence-corrected chi connectivity index (χ3v) is 1.77. The van der Waals surface area contributed by atoms with Gasteiger partial charge in [0, 0.05) is 12.7 Å². The van der Waals surface area contributed by atoms with Crippen molar-refractivity contribution in [2.75, 3.05) is 7.11 Å². The summed E-state index contributed by atoms with van der Waals surface area (Å²) < 4.78 is 4.92.